The standard InChI is InChI=1S/C25H25FN4O2/c1-15(2)17-5-7-21(26)22(12-17)28-25-29-23-14-19(6-8-24(23)30(25)4)32-20-9-10-27-18(13-20)11-16(3)31/h5-10,12-15H,11H2,1-4H3,(H,28,29). The van der Waals surface area contributed by atoms with Crippen LogP contribution in [0.4, 0.5) is 16.0 Å². The number of halogens is 1. The molecule has 4 aromatic rings. The maximum absolute atomic E-state index is 14.4. The van der Waals surface area contributed by atoms with Crippen molar-refractivity contribution in [2.75, 3.05) is 5.32 Å². The number of aryl methyl sites for hydroxylation is 1. The molecule has 0 spiro atoms. The summed E-state index contributed by atoms with van der Waals surface area (Å²) in [6, 6.07) is 14.2. The van der Waals surface area contributed by atoms with Crippen LogP contribution in [0.25, 0.3) is 11.0 Å². The monoisotopic (exact) mass is 432 g/mol. The van der Waals surface area contributed by atoms with E-state index in [1.165, 1.54) is 13.0 Å². The number of hydrogen-bond donors (Lipinski definition) is 1. The molecule has 0 saturated heterocycles. The third kappa shape index (κ3) is 4.61. The SMILES string of the molecule is CC(=O)Cc1cc(Oc2ccc3c(c2)nc(Nc2cc(C(C)C)ccc2F)n3C)ccn1. The molecule has 0 radical (unpaired) electrons. The number of pyridine rings is 1. The Morgan fingerprint density at radius 3 is 2.66 bits per heavy atom. The van der Waals surface area contributed by atoms with E-state index in [1.54, 1.807) is 24.4 Å². The van der Waals surface area contributed by atoms with Gasteiger partial charge in [0, 0.05) is 31.8 Å². The summed E-state index contributed by atoms with van der Waals surface area (Å²) in [6.07, 6.45) is 1.88. The van der Waals surface area contributed by atoms with Crippen LogP contribution < -0.4 is 10.1 Å². The van der Waals surface area contributed by atoms with Gasteiger partial charge in [-0.1, -0.05) is 19.9 Å². The summed E-state index contributed by atoms with van der Waals surface area (Å²) in [5.74, 6) is 1.74. The number of anilines is 2. The van der Waals surface area contributed by atoms with E-state index >= 15 is 0 Å². The highest BCUT2D eigenvalue weighted by molar-refractivity contribution is 5.81. The molecule has 7 heteroatoms. The van der Waals surface area contributed by atoms with Gasteiger partial charge in [0.05, 0.1) is 22.4 Å². The van der Waals surface area contributed by atoms with Crippen LogP contribution in [0.5, 0.6) is 11.5 Å². The molecule has 6 nitrogen and oxygen atoms in total. The molecule has 4 rings (SSSR count). The van der Waals surface area contributed by atoms with Gasteiger partial charge in [0.2, 0.25) is 5.95 Å². The number of ether oxygens (including phenoxy) is 1. The molecule has 2 aromatic heterocycles. The van der Waals surface area contributed by atoms with Crippen LogP contribution in [0.15, 0.2) is 54.7 Å². The normalized spacial score (nSPS) is 11.2. The summed E-state index contributed by atoms with van der Waals surface area (Å²) in [4.78, 5) is 20.2. The smallest absolute Gasteiger partial charge is 0.208 e. The third-order valence-electron chi connectivity index (χ3n) is 5.21. The van der Waals surface area contributed by atoms with Crippen molar-refractivity contribution in [2.45, 2.75) is 33.1 Å². The fourth-order valence-corrected chi connectivity index (χ4v) is 3.48. The second-order valence-corrected chi connectivity index (χ2v) is 8.13. The average molecular weight is 432 g/mol. The lowest BCUT2D eigenvalue weighted by Crippen LogP contribution is -2.02. The van der Waals surface area contributed by atoms with E-state index in [9.17, 15) is 9.18 Å². The lowest BCUT2D eigenvalue weighted by Gasteiger charge is -2.11. The first-order valence-electron chi connectivity index (χ1n) is 10.5. The number of nitrogens with one attached hydrogen (secondary N) is 1. The van der Waals surface area contributed by atoms with E-state index in [0.29, 0.717) is 40.3 Å². The molecule has 0 saturated carbocycles. The van der Waals surface area contributed by atoms with Crippen molar-refractivity contribution >= 4 is 28.5 Å². The summed E-state index contributed by atoms with van der Waals surface area (Å²) < 4.78 is 22.2. The van der Waals surface area contributed by atoms with Crippen molar-refractivity contribution in [3.05, 3.63) is 71.8 Å². The number of nitrogens with zero attached hydrogens (tertiary/aromatic N) is 3. The third-order valence-corrected chi connectivity index (χ3v) is 5.21. The minimum atomic E-state index is -0.329. The Balaban J connectivity index is 1.60. The van der Waals surface area contributed by atoms with Gasteiger partial charge in [-0.3, -0.25) is 9.78 Å². The van der Waals surface area contributed by atoms with Gasteiger partial charge >= 0.3 is 0 Å². The number of hydrogen-bond acceptors (Lipinski definition) is 5. The molecule has 2 aromatic carbocycles. The number of ketones is 1. The van der Waals surface area contributed by atoms with E-state index in [-0.39, 0.29) is 18.0 Å². The first kappa shape index (κ1) is 21.5. The van der Waals surface area contributed by atoms with Crippen molar-refractivity contribution in [1.29, 1.82) is 0 Å². The molecule has 32 heavy (non-hydrogen) atoms. The highest BCUT2D eigenvalue weighted by atomic mass is 19.1. The predicted molar refractivity (Wildman–Crippen MR) is 123 cm³/mol. The minimum Gasteiger partial charge on any atom is -0.457 e. The molecular formula is C25H25FN4O2. The minimum absolute atomic E-state index is 0.0416. The number of carbonyl (C=O) groups excluding carboxylic acids is 1. The quantitative estimate of drug-likeness (QED) is 0.394. The van der Waals surface area contributed by atoms with Crippen LogP contribution in [0.2, 0.25) is 0 Å². The number of benzene rings is 2. The highest BCUT2D eigenvalue weighted by Crippen LogP contribution is 2.29. The fourth-order valence-electron chi connectivity index (χ4n) is 3.48. The van der Waals surface area contributed by atoms with Crippen molar-refractivity contribution in [1.82, 2.24) is 14.5 Å². The maximum Gasteiger partial charge on any atom is 0.208 e. The molecule has 0 aliphatic heterocycles. The predicted octanol–water partition coefficient (Wildman–Crippen LogP) is 5.90. The van der Waals surface area contributed by atoms with Gasteiger partial charge in [-0.15, -0.1) is 0 Å². The molecule has 2 heterocycles. The van der Waals surface area contributed by atoms with E-state index in [4.69, 9.17) is 4.74 Å². The Kier molecular flexibility index (Phi) is 5.90. The zero-order valence-electron chi connectivity index (χ0n) is 18.5. The van der Waals surface area contributed by atoms with Crippen molar-refractivity contribution in [2.24, 2.45) is 7.05 Å². The second-order valence-electron chi connectivity index (χ2n) is 8.13. The zero-order valence-corrected chi connectivity index (χ0v) is 18.5. The van der Waals surface area contributed by atoms with Crippen LogP contribution in [-0.2, 0) is 18.3 Å². The molecule has 0 amide bonds. The molecule has 0 unspecified atom stereocenters. The fraction of sp³-hybridized carbons (Fsp3) is 0.240. The van der Waals surface area contributed by atoms with Crippen molar-refractivity contribution in [3.8, 4) is 11.5 Å². The van der Waals surface area contributed by atoms with Gasteiger partial charge in [0.1, 0.15) is 23.1 Å². The van der Waals surface area contributed by atoms with E-state index in [2.05, 4.69) is 29.1 Å². The molecule has 0 atom stereocenters. The first-order chi connectivity index (χ1) is 15.3. The largest absolute Gasteiger partial charge is 0.457 e. The molecule has 0 aliphatic rings. The van der Waals surface area contributed by atoms with Crippen LogP contribution in [0, 0.1) is 5.82 Å². The number of carbonyl (C=O) groups is 1. The van der Waals surface area contributed by atoms with Crippen LogP contribution in [0.1, 0.15) is 37.9 Å². The lowest BCUT2D eigenvalue weighted by atomic mass is 10.0. The summed E-state index contributed by atoms with van der Waals surface area (Å²) >= 11 is 0. The van der Waals surface area contributed by atoms with Gasteiger partial charge in [-0.25, -0.2) is 9.37 Å². The molecule has 0 bridgehead atoms. The van der Waals surface area contributed by atoms with Gasteiger partial charge in [-0.05, 0) is 48.7 Å². The second kappa shape index (κ2) is 8.78. The van der Waals surface area contributed by atoms with E-state index < -0.39 is 0 Å². The highest BCUT2D eigenvalue weighted by Gasteiger charge is 2.13. The lowest BCUT2D eigenvalue weighted by molar-refractivity contribution is -0.116. The van der Waals surface area contributed by atoms with Gasteiger partial charge in [-0.2, -0.15) is 0 Å². The number of fused-ring (bicyclic) bond motifs is 1. The number of Topliss-reactive ketones (excluding diaryl/α,β-unsaturated/α-hetero) is 1. The molecule has 1 N–H and O–H groups in total. The van der Waals surface area contributed by atoms with Gasteiger partial charge < -0.3 is 14.6 Å². The number of imidazole rings is 1. The molecule has 164 valence electrons. The molecule has 0 aliphatic carbocycles. The average Bonchev–Trinajstić information content (AvgIpc) is 3.04. The number of aromatic nitrogens is 3. The van der Waals surface area contributed by atoms with E-state index in [1.807, 2.05) is 35.9 Å². The Hall–Kier alpha value is -3.74. The van der Waals surface area contributed by atoms with Crippen molar-refractivity contribution in [3.63, 3.8) is 0 Å². The summed E-state index contributed by atoms with van der Waals surface area (Å²) in [6.45, 7) is 5.67. The molecular weight excluding hydrogens is 407 g/mol. The zero-order chi connectivity index (χ0) is 22.8. The number of rotatable bonds is 7. The molecule has 0 fully saturated rings. The summed E-state index contributed by atoms with van der Waals surface area (Å²) in [7, 11) is 1.87. The summed E-state index contributed by atoms with van der Waals surface area (Å²) in [5, 5.41) is 3.12. The van der Waals surface area contributed by atoms with Crippen LogP contribution in [0.3, 0.4) is 0 Å². The van der Waals surface area contributed by atoms with Gasteiger partial charge in [0.15, 0.2) is 0 Å². The van der Waals surface area contributed by atoms with Crippen molar-refractivity contribution < 1.29 is 13.9 Å². The van der Waals surface area contributed by atoms with E-state index in [0.717, 1.165) is 11.1 Å². The van der Waals surface area contributed by atoms with Crippen LogP contribution >= 0.6 is 0 Å². The first-order valence-corrected chi connectivity index (χ1v) is 10.5. The van der Waals surface area contributed by atoms with Gasteiger partial charge in [0.25, 0.3) is 0 Å². The maximum atomic E-state index is 14.4. The Bertz CT molecular complexity index is 1300. The topological polar surface area (TPSA) is 69.0 Å². The Morgan fingerprint density at radius 1 is 1.12 bits per heavy atom. The Labute approximate surface area is 186 Å². The summed E-state index contributed by atoms with van der Waals surface area (Å²) in [5.41, 5.74) is 3.69. The van der Waals surface area contributed by atoms with Crippen LogP contribution in [-0.4, -0.2) is 20.3 Å². The Morgan fingerprint density at radius 2 is 1.91 bits per heavy atom.